The first-order chi connectivity index (χ1) is 11.8. The molecule has 2 aromatic rings. The standard InChI is InChI=1S/C22H26O3/c1-15(2)12-16-4-6-17(7-5-16)14-22(3)11-10-18-13-19(21(23)24)8-9-20(18)25-22/h4-9,13,15H,10-12,14H2,1-3H3,(H,23,24). The smallest absolute Gasteiger partial charge is 0.335 e. The van der Waals surface area contributed by atoms with Gasteiger partial charge in [-0.05, 0) is 67.0 Å². The Hall–Kier alpha value is -2.29. The number of carboxylic acid groups (broad SMARTS) is 1. The van der Waals surface area contributed by atoms with Crippen molar-refractivity contribution < 1.29 is 14.6 Å². The summed E-state index contributed by atoms with van der Waals surface area (Å²) in [6.45, 7) is 6.61. The van der Waals surface area contributed by atoms with Crippen LogP contribution < -0.4 is 4.74 Å². The number of ether oxygens (including phenoxy) is 1. The second kappa shape index (κ2) is 6.91. The van der Waals surface area contributed by atoms with Crippen molar-refractivity contribution in [3.05, 3.63) is 64.7 Å². The van der Waals surface area contributed by atoms with Crippen molar-refractivity contribution in [1.82, 2.24) is 0 Å². The highest BCUT2D eigenvalue weighted by Crippen LogP contribution is 2.35. The van der Waals surface area contributed by atoms with Crippen molar-refractivity contribution in [1.29, 1.82) is 0 Å². The minimum absolute atomic E-state index is 0.253. The van der Waals surface area contributed by atoms with E-state index in [0.29, 0.717) is 11.5 Å². The summed E-state index contributed by atoms with van der Waals surface area (Å²) in [5, 5.41) is 9.12. The van der Waals surface area contributed by atoms with E-state index in [2.05, 4.69) is 45.0 Å². The van der Waals surface area contributed by atoms with E-state index in [1.807, 2.05) is 0 Å². The number of carbonyl (C=O) groups is 1. The Balaban J connectivity index is 1.72. The van der Waals surface area contributed by atoms with Gasteiger partial charge in [0.25, 0.3) is 0 Å². The predicted molar refractivity (Wildman–Crippen MR) is 99.4 cm³/mol. The fraction of sp³-hybridized carbons (Fsp3) is 0.409. The van der Waals surface area contributed by atoms with E-state index >= 15 is 0 Å². The number of aromatic carboxylic acids is 1. The van der Waals surface area contributed by atoms with Crippen LogP contribution in [0.25, 0.3) is 0 Å². The van der Waals surface area contributed by atoms with Gasteiger partial charge in [0.1, 0.15) is 11.4 Å². The first kappa shape index (κ1) is 17.5. The molecule has 2 aromatic carbocycles. The lowest BCUT2D eigenvalue weighted by atomic mass is 9.86. The zero-order chi connectivity index (χ0) is 18.0. The fourth-order valence-electron chi connectivity index (χ4n) is 3.54. The highest BCUT2D eigenvalue weighted by Gasteiger charge is 2.32. The number of carboxylic acids is 1. The molecule has 3 heteroatoms. The Bertz CT molecular complexity index is 761. The minimum atomic E-state index is -0.891. The van der Waals surface area contributed by atoms with Gasteiger partial charge in [-0.1, -0.05) is 38.1 Å². The molecule has 1 N–H and O–H groups in total. The molecule has 1 heterocycles. The topological polar surface area (TPSA) is 46.5 Å². The van der Waals surface area contributed by atoms with Gasteiger partial charge >= 0.3 is 5.97 Å². The van der Waals surface area contributed by atoms with E-state index in [1.165, 1.54) is 11.1 Å². The van der Waals surface area contributed by atoms with Gasteiger partial charge in [0.2, 0.25) is 0 Å². The molecule has 0 spiro atoms. The summed E-state index contributed by atoms with van der Waals surface area (Å²) in [7, 11) is 0. The van der Waals surface area contributed by atoms with Gasteiger partial charge in [0.05, 0.1) is 5.56 Å². The highest BCUT2D eigenvalue weighted by atomic mass is 16.5. The number of aryl methyl sites for hydroxylation is 1. The predicted octanol–water partition coefficient (Wildman–Crippen LogP) is 4.91. The third-order valence-electron chi connectivity index (χ3n) is 4.83. The molecule has 1 aliphatic heterocycles. The summed E-state index contributed by atoms with van der Waals surface area (Å²) in [6, 6.07) is 14.0. The molecule has 0 amide bonds. The maximum absolute atomic E-state index is 11.1. The van der Waals surface area contributed by atoms with Crippen LogP contribution in [-0.2, 0) is 19.3 Å². The molecule has 132 valence electrons. The maximum Gasteiger partial charge on any atom is 0.335 e. The summed E-state index contributed by atoms with van der Waals surface area (Å²) in [4.78, 5) is 11.1. The quantitative estimate of drug-likeness (QED) is 0.842. The van der Waals surface area contributed by atoms with Crippen molar-refractivity contribution >= 4 is 5.97 Å². The first-order valence-electron chi connectivity index (χ1n) is 8.98. The van der Waals surface area contributed by atoms with Crippen LogP contribution in [0.5, 0.6) is 5.75 Å². The van der Waals surface area contributed by atoms with E-state index in [0.717, 1.165) is 37.0 Å². The Morgan fingerprint density at radius 3 is 2.48 bits per heavy atom. The SMILES string of the molecule is CC(C)Cc1ccc(CC2(C)CCc3cc(C(=O)O)ccc3O2)cc1. The summed E-state index contributed by atoms with van der Waals surface area (Å²) in [6.07, 6.45) is 3.69. The summed E-state index contributed by atoms with van der Waals surface area (Å²) >= 11 is 0. The van der Waals surface area contributed by atoms with E-state index in [4.69, 9.17) is 9.84 Å². The molecule has 25 heavy (non-hydrogen) atoms. The van der Waals surface area contributed by atoms with Gasteiger partial charge in [0.15, 0.2) is 0 Å². The lowest BCUT2D eigenvalue weighted by molar-refractivity contribution is 0.0649. The van der Waals surface area contributed by atoms with Crippen LogP contribution in [-0.4, -0.2) is 16.7 Å². The zero-order valence-corrected chi connectivity index (χ0v) is 15.2. The number of rotatable bonds is 5. The third-order valence-corrected chi connectivity index (χ3v) is 4.83. The molecule has 1 unspecified atom stereocenters. The molecule has 0 bridgehead atoms. The minimum Gasteiger partial charge on any atom is -0.487 e. The van der Waals surface area contributed by atoms with Crippen molar-refractivity contribution in [3.63, 3.8) is 0 Å². The summed E-state index contributed by atoms with van der Waals surface area (Å²) < 4.78 is 6.26. The average Bonchev–Trinajstić information content (AvgIpc) is 2.55. The van der Waals surface area contributed by atoms with E-state index in [-0.39, 0.29) is 5.60 Å². The van der Waals surface area contributed by atoms with Crippen molar-refractivity contribution in [2.45, 2.75) is 52.1 Å². The molecule has 0 saturated heterocycles. The molecular formula is C22H26O3. The van der Waals surface area contributed by atoms with Gasteiger partial charge in [-0.2, -0.15) is 0 Å². The van der Waals surface area contributed by atoms with Crippen LogP contribution in [0.1, 0.15) is 54.2 Å². The normalized spacial score (nSPS) is 19.4. The third kappa shape index (κ3) is 4.22. The molecule has 3 nitrogen and oxygen atoms in total. The van der Waals surface area contributed by atoms with Gasteiger partial charge < -0.3 is 9.84 Å². The number of benzene rings is 2. The maximum atomic E-state index is 11.1. The van der Waals surface area contributed by atoms with Crippen LogP contribution >= 0.6 is 0 Å². The zero-order valence-electron chi connectivity index (χ0n) is 15.2. The van der Waals surface area contributed by atoms with E-state index < -0.39 is 5.97 Å². The summed E-state index contributed by atoms with van der Waals surface area (Å²) in [5.74, 6) is 0.588. The molecular weight excluding hydrogens is 312 g/mol. The van der Waals surface area contributed by atoms with Crippen LogP contribution in [0.3, 0.4) is 0 Å². The molecule has 1 atom stereocenters. The number of hydrogen-bond donors (Lipinski definition) is 1. The van der Waals surface area contributed by atoms with Gasteiger partial charge in [-0.25, -0.2) is 4.79 Å². The Morgan fingerprint density at radius 1 is 1.16 bits per heavy atom. The Labute approximate surface area is 149 Å². The van der Waals surface area contributed by atoms with E-state index in [1.54, 1.807) is 18.2 Å². The monoisotopic (exact) mass is 338 g/mol. The molecule has 0 saturated carbocycles. The molecule has 0 aliphatic carbocycles. The van der Waals surface area contributed by atoms with Crippen LogP contribution in [0, 0.1) is 5.92 Å². The first-order valence-corrected chi connectivity index (χ1v) is 8.98. The van der Waals surface area contributed by atoms with Crippen LogP contribution in [0.2, 0.25) is 0 Å². The van der Waals surface area contributed by atoms with Crippen LogP contribution in [0.4, 0.5) is 0 Å². The highest BCUT2D eigenvalue weighted by molar-refractivity contribution is 5.88. The van der Waals surface area contributed by atoms with Gasteiger partial charge in [0, 0.05) is 6.42 Å². The van der Waals surface area contributed by atoms with Crippen molar-refractivity contribution in [3.8, 4) is 5.75 Å². The Morgan fingerprint density at radius 2 is 1.84 bits per heavy atom. The largest absolute Gasteiger partial charge is 0.487 e. The number of hydrogen-bond acceptors (Lipinski definition) is 2. The van der Waals surface area contributed by atoms with Crippen LogP contribution in [0.15, 0.2) is 42.5 Å². The van der Waals surface area contributed by atoms with Crippen molar-refractivity contribution in [2.24, 2.45) is 5.92 Å². The van der Waals surface area contributed by atoms with Crippen molar-refractivity contribution in [2.75, 3.05) is 0 Å². The lowest BCUT2D eigenvalue weighted by Crippen LogP contribution is -2.38. The average molecular weight is 338 g/mol. The summed E-state index contributed by atoms with van der Waals surface area (Å²) in [5.41, 5.74) is 3.72. The lowest BCUT2D eigenvalue weighted by Gasteiger charge is -2.36. The molecule has 0 aromatic heterocycles. The van der Waals surface area contributed by atoms with Gasteiger partial charge in [-0.3, -0.25) is 0 Å². The second-order valence-corrected chi connectivity index (χ2v) is 7.77. The number of fused-ring (bicyclic) bond motifs is 1. The fourth-order valence-corrected chi connectivity index (χ4v) is 3.54. The second-order valence-electron chi connectivity index (χ2n) is 7.77. The van der Waals surface area contributed by atoms with Gasteiger partial charge in [-0.15, -0.1) is 0 Å². The molecule has 1 aliphatic rings. The Kier molecular flexibility index (Phi) is 4.85. The van der Waals surface area contributed by atoms with E-state index in [9.17, 15) is 4.79 Å². The molecule has 0 fully saturated rings. The molecule has 3 rings (SSSR count). The molecule has 0 radical (unpaired) electrons.